The Morgan fingerprint density at radius 3 is 2.47 bits per heavy atom. The zero-order valence-corrected chi connectivity index (χ0v) is 18.9. The molecule has 6 heteroatoms. The molecule has 0 aliphatic carbocycles. The first-order valence-corrected chi connectivity index (χ1v) is 11.8. The van der Waals surface area contributed by atoms with E-state index in [-0.39, 0.29) is 23.0 Å². The van der Waals surface area contributed by atoms with Crippen LogP contribution >= 0.6 is 11.8 Å². The van der Waals surface area contributed by atoms with E-state index in [1.54, 1.807) is 18.0 Å². The maximum absolute atomic E-state index is 13.6. The predicted molar refractivity (Wildman–Crippen MR) is 128 cm³/mol. The van der Waals surface area contributed by atoms with Gasteiger partial charge in [0.05, 0.1) is 5.92 Å². The molecule has 32 heavy (non-hydrogen) atoms. The lowest BCUT2D eigenvalue weighted by Crippen LogP contribution is -2.45. The molecule has 3 aromatic rings. The van der Waals surface area contributed by atoms with Gasteiger partial charge in [-0.1, -0.05) is 54.6 Å². The van der Waals surface area contributed by atoms with Gasteiger partial charge < -0.3 is 10.2 Å². The minimum absolute atomic E-state index is 0.0524. The number of carbonyl (C=O) groups is 2. The molecule has 5 nitrogen and oxygen atoms in total. The summed E-state index contributed by atoms with van der Waals surface area (Å²) >= 11 is 1.56. The molecule has 4 rings (SSSR count). The van der Waals surface area contributed by atoms with Crippen molar-refractivity contribution in [3.05, 3.63) is 90.1 Å². The fourth-order valence-electron chi connectivity index (χ4n) is 3.92. The summed E-state index contributed by atoms with van der Waals surface area (Å²) in [5.41, 5.74) is 1.90. The highest BCUT2D eigenvalue weighted by molar-refractivity contribution is 8.00. The molecule has 1 aromatic heterocycles. The van der Waals surface area contributed by atoms with E-state index in [2.05, 4.69) is 10.3 Å². The number of benzene rings is 2. The Kier molecular flexibility index (Phi) is 7.22. The number of hydrogen-bond acceptors (Lipinski definition) is 4. The molecule has 1 fully saturated rings. The Bertz CT molecular complexity index is 1060. The van der Waals surface area contributed by atoms with Crippen LogP contribution in [0.2, 0.25) is 0 Å². The van der Waals surface area contributed by atoms with Crippen molar-refractivity contribution in [1.29, 1.82) is 0 Å². The largest absolute Gasteiger partial charge is 0.341 e. The summed E-state index contributed by atoms with van der Waals surface area (Å²) in [6.07, 6.45) is 3.25. The number of likely N-dealkylation sites (tertiary alicyclic amines) is 1. The molecule has 2 heterocycles. The molecule has 1 N–H and O–H groups in total. The normalized spacial score (nSPS) is 16.9. The second-order valence-corrected chi connectivity index (χ2v) is 9.18. The van der Waals surface area contributed by atoms with Crippen LogP contribution in [0.3, 0.4) is 0 Å². The number of nitrogens with one attached hydrogen (secondary N) is 1. The summed E-state index contributed by atoms with van der Waals surface area (Å²) in [6, 6.07) is 23.6. The summed E-state index contributed by atoms with van der Waals surface area (Å²) < 4.78 is 0. The van der Waals surface area contributed by atoms with Crippen molar-refractivity contribution >= 4 is 29.4 Å². The van der Waals surface area contributed by atoms with Crippen LogP contribution in [0.1, 0.15) is 29.2 Å². The molecule has 0 saturated carbocycles. The molecule has 0 radical (unpaired) electrons. The monoisotopic (exact) mass is 445 g/mol. The number of hydrogen-bond donors (Lipinski definition) is 1. The Labute approximate surface area is 193 Å². The number of nitrogens with zero attached hydrogens (tertiary/aromatic N) is 2. The highest BCUT2D eigenvalue weighted by Crippen LogP contribution is 2.37. The number of aromatic nitrogens is 1. The molecule has 164 valence electrons. The van der Waals surface area contributed by atoms with Crippen molar-refractivity contribution in [2.75, 3.05) is 18.4 Å². The molecule has 1 saturated heterocycles. The van der Waals surface area contributed by atoms with Gasteiger partial charge in [0.25, 0.3) is 0 Å². The molecule has 2 aromatic carbocycles. The molecular formula is C26H27N3O2S. The van der Waals surface area contributed by atoms with Gasteiger partial charge in [0.2, 0.25) is 11.8 Å². The lowest BCUT2D eigenvalue weighted by atomic mass is 9.96. The molecule has 1 aliphatic heterocycles. The van der Waals surface area contributed by atoms with Crippen molar-refractivity contribution in [3.8, 4) is 0 Å². The van der Waals surface area contributed by atoms with Gasteiger partial charge in [-0.15, -0.1) is 11.8 Å². The van der Waals surface area contributed by atoms with Gasteiger partial charge in [-0.2, -0.15) is 0 Å². The lowest BCUT2D eigenvalue weighted by Gasteiger charge is -2.34. The van der Waals surface area contributed by atoms with Gasteiger partial charge in [-0.05, 0) is 49.1 Å². The minimum Gasteiger partial charge on any atom is -0.341 e. The van der Waals surface area contributed by atoms with Crippen LogP contribution < -0.4 is 5.32 Å². The highest BCUT2D eigenvalue weighted by atomic mass is 32.2. The minimum atomic E-state index is -0.349. The van der Waals surface area contributed by atoms with Crippen LogP contribution in [0.25, 0.3) is 0 Å². The van der Waals surface area contributed by atoms with Crippen molar-refractivity contribution in [1.82, 2.24) is 9.88 Å². The molecule has 0 spiro atoms. The first-order chi connectivity index (χ1) is 15.6. The quantitative estimate of drug-likeness (QED) is 0.536. The number of amides is 2. The van der Waals surface area contributed by atoms with Crippen molar-refractivity contribution < 1.29 is 9.59 Å². The van der Waals surface area contributed by atoms with Crippen LogP contribution in [-0.2, 0) is 9.59 Å². The van der Waals surface area contributed by atoms with E-state index < -0.39 is 0 Å². The number of rotatable bonds is 6. The third kappa shape index (κ3) is 5.37. The fraction of sp³-hybridized carbons (Fsp3) is 0.269. The van der Waals surface area contributed by atoms with E-state index in [1.165, 1.54) is 0 Å². The number of thioether (sulfide) groups is 1. The van der Waals surface area contributed by atoms with Gasteiger partial charge in [0, 0.05) is 24.2 Å². The zero-order valence-electron chi connectivity index (χ0n) is 18.1. The number of aryl methyl sites for hydroxylation is 1. The average molecular weight is 446 g/mol. The van der Waals surface area contributed by atoms with E-state index in [4.69, 9.17) is 0 Å². The Balaban J connectivity index is 1.49. The lowest BCUT2D eigenvalue weighted by molar-refractivity contribution is -0.134. The predicted octanol–water partition coefficient (Wildman–Crippen LogP) is 5.10. The number of pyridine rings is 1. The maximum atomic E-state index is 13.6. The van der Waals surface area contributed by atoms with E-state index in [0.29, 0.717) is 18.9 Å². The molecular weight excluding hydrogens is 418 g/mol. The van der Waals surface area contributed by atoms with Gasteiger partial charge in [-0.25, -0.2) is 4.98 Å². The van der Waals surface area contributed by atoms with Gasteiger partial charge in [0.1, 0.15) is 11.1 Å². The van der Waals surface area contributed by atoms with E-state index in [0.717, 1.165) is 28.9 Å². The summed E-state index contributed by atoms with van der Waals surface area (Å²) in [7, 11) is 0. The average Bonchev–Trinajstić information content (AvgIpc) is 2.85. The molecule has 2 unspecified atom stereocenters. The summed E-state index contributed by atoms with van der Waals surface area (Å²) in [4.78, 5) is 33.7. The second-order valence-electron chi connectivity index (χ2n) is 8.00. The first-order valence-electron chi connectivity index (χ1n) is 10.9. The van der Waals surface area contributed by atoms with Crippen LogP contribution in [0.15, 0.2) is 83.9 Å². The molecule has 1 aliphatic rings. The topological polar surface area (TPSA) is 62.3 Å². The third-order valence-corrected chi connectivity index (χ3v) is 6.93. The summed E-state index contributed by atoms with van der Waals surface area (Å²) in [6.45, 7) is 3.02. The number of carbonyl (C=O) groups excluding carboxylic acids is 2. The van der Waals surface area contributed by atoms with Gasteiger partial charge >= 0.3 is 0 Å². The van der Waals surface area contributed by atoms with Crippen molar-refractivity contribution in [2.24, 2.45) is 5.92 Å². The van der Waals surface area contributed by atoms with E-state index in [1.807, 2.05) is 84.6 Å². The molecule has 0 bridgehead atoms. The second kappa shape index (κ2) is 10.5. The van der Waals surface area contributed by atoms with Crippen molar-refractivity contribution in [3.63, 3.8) is 0 Å². The van der Waals surface area contributed by atoms with Crippen LogP contribution in [0.5, 0.6) is 0 Å². The maximum Gasteiger partial charge on any atom is 0.240 e. The van der Waals surface area contributed by atoms with Crippen LogP contribution in [-0.4, -0.2) is 34.8 Å². The molecule has 2 atom stereocenters. The fourth-order valence-corrected chi connectivity index (χ4v) is 5.05. The van der Waals surface area contributed by atoms with E-state index >= 15 is 0 Å². The van der Waals surface area contributed by atoms with Gasteiger partial charge in [-0.3, -0.25) is 9.59 Å². The highest BCUT2D eigenvalue weighted by Gasteiger charge is 2.33. The van der Waals surface area contributed by atoms with E-state index in [9.17, 15) is 9.59 Å². The molecule has 2 amide bonds. The summed E-state index contributed by atoms with van der Waals surface area (Å²) in [5.74, 6) is 0.322. The number of piperidine rings is 1. The summed E-state index contributed by atoms with van der Waals surface area (Å²) in [5, 5.41) is 2.60. The van der Waals surface area contributed by atoms with Crippen molar-refractivity contribution in [2.45, 2.75) is 29.9 Å². The standard InChI is InChI=1S/C26H27N3O2S/c1-19-10-8-16-27-24(19)28-25(30)21-13-9-17-29(18-21)26(31)23(20-11-4-2-5-12-20)32-22-14-6-3-7-15-22/h2-8,10-12,14-16,21,23H,9,13,17-18H2,1H3,(H,27,28,30). The SMILES string of the molecule is Cc1cccnc1NC(=O)C1CCCN(C(=O)C(Sc2ccccc2)c2ccccc2)C1. The number of anilines is 1. The Morgan fingerprint density at radius 1 is 1.03 bits per heavy atom. The zero-order chi connectivity index (χ0) is 22.3. The van der Waals surface area contributed by atoms with Gasteiger partial charge in [0.15, 0.2) is 0 Å². The Morgan fingerprint density at radius 2 is 1.75 bits per heavy atom. The first kappa shape index (κ1) is 22.1. The van der Waals surface area contributed by atoms with Crippen LogP contribution in [0, 0.1) is 12.8 Å². The smallest absolute Gasteiger partial charge is 0.240 e. The third-order valence-electron chi connectivity index (χ3n) is 5.68. The Hall–Kier alpha value is -3.12. The van der Waals surface area contributed by atoms with Crippen LogP contribution in [0.4, 0.5) is 5.82 Å².